The molecule has 2 rings (SSSR count). The van der Waals surface area contributed by atoms with Crippen LogP contribution in [0.2, 0.25) is 0 Å². The van der Waals surface area contributed by atoms with Crippen molar-refractivity contribution >= 4 is 22.2 Å². The van der Waals surface area contributed by atoms with Crippen molar-refractivity contribution in [3.8, 4) is 0 Å². The summed E-state index contributed by atoms with van der Waals surface area (Å²) in [5.74, 6) is 0. The Hall–Kier alpha value is -1.55. The molecule has 0 unspecified atom stereocenters. The highest BCUT2D eigenvalue weighted by Gasteiger charge is 2.06. The number of hydrogen-bond acceptors (Lipinski definition) is 4. The molecule has 0 spiro atoms. The van der Waals surface area contributed by atoms with Gasteiger partial charge in [0.15, 0.2) is 5.13 Å². The Morgan fingerprint density at radius 2 is 2.00 bits per heavy atom. The average Bonchev–Trinajstić information content (AvgIpc) is 2.78. The minimum absolute atomic E-state index is 0.656. The lowest BCUT2D eigenvalue weighted by Gasteiger charge is -2.22. The molecular weight excluding hydrogens is 242 g/mol. The van der Waals surface area contributed by atoms with Crippen LogP contribution in [0.25, 0.3) is 0 Å². The smallest absolute Gasteiger partial charge is 0.180 e. The number of nitrogens with zero attached hydrogens (tertiary/aromatic N) is 2. The highest BCUT2D eigenvalue weighted by atomic mass is 32.1. The molecule has 18 heavy (non-hydrogen) atoms. The molecule has 0 saturated heterocycles. The Kier molecular flexibility index (Phi) is 4.20. The van der Waals surface area contributed by atoms with E-state index in [1.54, 1.807) is 0 Å². The maximum atomic E-state index is 5.64. The molecule has 0 amide bonds. The lowest BCUT2D eigenvalue weighted by Crippen LogP contribution is -2.25. The van der Waals surface area contributed by atoms with E-state index in [4.69, 9.17) is 5.73 Å². The van der Waals surface area contributed by atoms with E-state index >= 15 is 0 Å². The molecule has 2 N–H and O–H groups in total. The summed E-state index contributed by atoms with van der Waals surface area (Å²) in [6.45, 7) is 6.26. The summed E-state index contributed by atoms with van der Waals surface area (Å²) in [6.07, 6.45) is 0.940. The second-order valence-corrected chi connectivity index (χ2v) is 5.23. The van der Waals surface area contributed by atoms with E-state index < -0.39 is 0 Å². The summed E-state index contributed by atoms with van der Waals surface area (Å²) in [6, 6.07) is 8.65. The number of likely N-dealkylation sites (N-methyl/N-ethyl adjacent to an activating group) is 1. The molecule has 0 radical (unpaired) electrons. The van der Waals surface area contributed by atoms with Crippen molar-refractivity contribution in [1.29, 1.82) is 0 Å². The Balaban J connectivity index is 1.99. The zero-order chi connectivity index (χ0) is 13.0. The molecule has 0 aliphatic rings. The van der Waals surface area contributed by atoms with Crippen LogP contribution in [0.15, 0.2) is 29.6 Å². The molecule has 1 aromatic carbocycles. The van der Waals surface area contributed by atoms with Gasteiger partial charge in [0.1, 0.15) is 0 Å². The summed E-state index contributed by atoms with van der Waals surface area (Å²) >= 11 is 1.51. The number of thiazole rings is 1. The van der Waals surface area contributed by atoms with Gasteiger partial charge < -0.3 is 10.6 Å². The van der Waals surface area contributed by atoms with Gasteiger partial charge in [-0.15, -0.1) is 11.3 Å². The predicted molar refractivity (Wildman–Crippen MR) is 79.3 cm³/mol. The molecule has 0 saturated carbocycles. The van der Waals surface area contributed by atoms with Crippen molar-refractivity contribution in [3.05, 3.63) is 40.9 Å². The van der Waals surface area contributed by atoms with Gasteiger partial charge >= 0.3 is 0 Å². The fraction of sp³-hybridized carbons (Fsp3) is 0.357. The van der Waals surface area contributed by atoms with Gasteiger partial charge in [-0.2, -0.15) is 0 Å². The van der Waals surface area contributed by atoms with Crippen LogP contribution < -0.4 is 10.6 Å². The molecular formula is C14H19N3S. The van der Waals surface area contributed by atoms with Crippen molar-refractivity contribution in [2.45, 2.75) is 20.3 Å². The summed E-state index contributed by atoms with van der Waals surface area (Å²) in [7, 11) is 0. The number of nitrogens with two attached hydrogens (primary N) is 1. The van der Waals surface area contributed by atoms with Gasteiger partial charge in [0.05, 0.1) is 5.69 Å². The Morgan fingerprint density at radius 3 is 2.56 bits per heavy atom. The van der Waals surface area contributed by atoms with Gasteiger partial charge in [0, 0.05) is 30.6 Å². The lowest BCUT2D eigenvalue weighted by molar-refractivity contribution is 0.799. The molecule has 2 aromatic rings. The third kappa shape index (κ3) is 3.23. The highest BCUT2D eigenvalue weighted by molar-refractivity contribution is 7.13. The third-order valence-electron chi connectivity index (χ3n) is 2.99. The van der Waals surface area contributed by atoms with Crippen LogP contribution in [0.3, 0.4) is 0 Å². The standard InChI is InChI=1S/C14H19N3S/c1-3-17(13-6-4-11(2)5-7-13)9-8-12-10-18-14(15)16-12/h4-7,10H,3,8-9H2,1-2H3,(H2,15,16). The molecule has 96 valence electrons. The predicted octanol–water partition coefficient (Wildman–Crippen LogP) is 3.10. The third-order valence-corrected chi connectivity index (χ3v) is 3.71. The van der Waals surface area contributed by atoms with E-state index in [1.807, 2.05) is 5.38 Å². The van der Waals surface area contributed by atoms with Crippen molar-refractivity contribution < 1.29 is 0 Å². The molecule has 1 aromatic heterocycles. The fourth-order valence-corrected chi connectivity index (χ4v) is 2.51. The first kappa shape index (κ1) is 12.9. The van der Waals surface area contributed by atoms with Crippen molar-refractivity contribution in [2.75, 3.05) is 23.7 Å². The summed E-state index contributed by atoms with van der Waals surface area (Å²) in [5, 5.41) is 2.70. The zero-order valence-electron chi connectivity index (χ0n) is 10.9. The van der Waals surface area contributed by atoms with Gasteiger partial charge in [0.2, 0.25) is 0 Å². The van der Waals surface area contributed by atoms with E-state index in [1.165, 1.54) is 22.6 Å². The maximum absolute atomic E-state index is 5.64. The molecule has 3 nitrogen and oxygen atoms in total. The highest BCUT2D eigenvalue weighted by Crippen LogP contribution is 2.17. The number of nitrogen functional groups attached to an aromatic ring is 1. The van der Waals surface area contributed by atoms with E-state index in [0.29, 0.717) is 5.13 Å². The van der Waals surface area contributed by atoms with E-state index in [-0.39, 0.29) is 0 Å². The number of anilines is 2. The van der Waals surface area contributed by atoms with E-state index in [2.05, 4.69) is 48.0 Å². The topological polar surface area (TPSA) is 42.1 Å². The largest absolute Gasteiger partial charge is 0.375 e. The number of hydrogen-bond donors (Lipinski definition) is 1. The maximum Gasteiger partial charge on any atom is 0.180 e. The van der Waals surface area contributed by atoms with E-state index in [9.17, 15) is 0 Å². The Bertz CT molecular complexity index is 490. The number of rotatable bonds is 5. The van der Waals surface area contributed by atoms with Crippen molar-refractivity contribution in [3.63, 3.8) is 0 Å². The molecule has 0 fully saturated rings. The van der Waals surface area contributed by atoms with Crippen LogP contribution in [0, 0.1) is 6.92 Å². The van der Waals surface area contributed by atoms with Crippen LogP contribution in [-0.4, -0.2) is 18.1 Å². The van der Waals surface area contributed by atoms with Crippen LogP contribution in [-0.2, 0) is 6.42 Å². The van der Waals surface area contributed by atoms with Crippen LogP contribution in [0.4, 0.5) is 10.8 Å². The van der Waals surface area contributed by atoms with Crippen molar-refractivity contribution in [2.24, 2.45) is 0 Å². The molecule has 0 aliphatic heterocycles. The monoisotopic (exact) mass is 261 g/mol. The van der Waals surface area contributed by atoms with E-state index in [0.717, 1.165) is 25.2 Å². The van der Waals surface area contributed by atoms with Gasteiger partial charge in [0.25, 0.3) is 0 Å². The van der Waals surface area contributed by atoms with Crippen LogP contribution >= 0.6 is 11.3 Å². The number of aryl methyl sites for hydroxylation is 1. The number of benzene rings is 1. The first-order chi connectivity index (χ1) is 8.69. The average molecular weight is 261 g/mol. The second-order valence-electron chi connectivity index (χ2n) is 4.34. The molecule has 0 bridgehead atoms. The van der Waals surface area contributed by atoms with Crippen molar-refractivity contribution in [1.82, 2.24) is 4.98 Å². The lowest BCUT2D eigenvalue weighted by atomic mass is 10.2. The summed E-state index contributed by atoms with van der Waals surface area (Å²) in [5.41, 5.74) is 9.29. The first-order valence-corrected chi connectivity index (χ1v) is 7.08. The zero-order valence-corrected chi connectivity index (χ0v) is 11.7. The summed E-state index contributed by atoms with van der Waals surface area (Å²) < 4.78 is 0. The van der Waals surface area contributed by atoms with Crippen LogP contribution in [0.1, 0.15) is 18.2 Å². The number of aromatic nitrogens is 1. The minimum atomic E-state index is 0.656. The Morgan fingerprint density at radius 1 is 1.28 bits per heavy atom. The normalized spacial score (nSPS) is 10.6. The second kappa shape index (κ2) is 5.87. The fourth-order valence-electron chi connectivity index (χ4n) is 1.91. The summed E-state index contributed by atoms with van der Waals surface area (Å²) in [4.78, 5) is 6.65. The van der Waals surface area contributed by atoms with Gasteiger partial charge in [-0.05, 0) is 26.0 Å². The minimum Gasteiger partial charge on any atom is -0.375 e. The molecule has 0 aliphatic carbocycles. The molecule has 1 heterocycles. The Labute approximate surface area is 112 Å². The quantitative estimate of drug-likeness (QED) is 0.899. The SMILES string of the molecule is CCN(CCc1csc(N)n1)c1ccc(C)cc1. The molecule has 4 heteroatoms. The van der Waals surface area contributed by atoms with Gasteiger partial charge in [-0.3, -0.25) is 0 Å². The molecule has 0 atom stereocenters. The first-order valence-electron chi connectivity index (χ1n) is 6.20. The van der Waals surface area contributed by atoms with Crippen LogP contribution in [0.5, 0.6) is 0 Å². The van der Waals surface area contributed by atoms with Gasteiger partial charge in [-0.1, -0.05) is 17.7 Å². The van der Waals surface area contributed by atoms with Gasteiger partial charge in [-0.25, -0.2) is 4.98 Å².